The Morgan fingerprint density at radius 1 is 1.40 bits per heavy atom. The van der Waals surface area contributed by atoms with E-state index in [1.807, 2.05) is 6.92 Å². The number of hydrogen-bond donors (Lipinski definition) is 1. The van der Waals surface area contributed by atoms with Gasteiger partial charge in [-0.25, -0.2) is 18.1 Å². The normalized spacial score (nSPS) is 19.4. The van der Waals surface area contributed by atoms with Gasteiger partial charge in [-0.3, -0.25) is 4.79 Å². The number of thiazole rings is 1. The molecule has 1 aromatic heterocycles. The highest BCUT2D eigenvalue weighted by Crippen LogP contribution is 2.42. The van der Waals surface area contributed by atoms with Crippen molar-refractivity contribution in [3.05, 3.63) is 38.8 Å². The topological polar surface area (TPSA) is 85.4 Å². The third kappa shape index (κ3) is 3.14. The Balaban J connectivity index is 1.62. The monoisotopic (exact) mass is 398 g/mol. The van der Waals surface area contributed by atoms with Crippen molar-refractivity contribution in [2.45, 2.75) is 43.1 Å². The minimum atomic E-state index is -4.03. The standard InChI is InChI=1S/C16H15ClN2O4S2/c1-8-4-10-5-11(6-12(17)14(10)23-8)25(21,22)19-16(20)15-13(9-2-3-9)18-7-24-15/h5-9H,2-4H2,1H3,(H,19,20)/t8-/m0/s1. The number of halogens is 1. The Morgan fingerprint density at radius 3 is 2.88 bits per heavy atom. The molecule has 9 heteroatoms. The second-order valence-corrected chi connectivity index (χ2v) is 9.25. The number of sulfonamides is 1. The molecule has 0 radical (unpaired) electrons. The molecule has 1 N–H and O–H groups in total. The molecule has 1 atom stereocenters. The number of ether oxygens (including phenoxy) is 1. The number of amides is 1. The number of nitrogens with one attached hydrogen (secondary N) is 1. The fraction of sp³-hybridized carbons (Fsp3) is 0.375. The predicted octanol–water partition coefficient (Wildman–Crippen LogP) is 3.12. The Hall–Kier alpha value is -1.64. The number of hydrogen-bond acceptors (Lipinski definition) is 6. The SMILES string of the molecule is C[C@H]1Cc2cc(S(=O)(=O)NC(=O)c3scnc3C3CC3)cc(Cl)c2O1. The van der Waals surface area contributed by atoms with Gasteiger partial charge in [-0.2, -0.15) is 0 Å². The van der Waals surface area contributed by atoms with E-state index in [-0.39, 0.29) is 21.9 Å². The van der Waals surface area contributed by atoms with Crippen molar-refractivity contribution in [1.82, 2.24) is 9.71 Å². The maximum atomic E-state index is 12.6. The average Bonchev–Trinajstić information content (AvgIpc) is 3.12. The van der Waals surface area contributed by atoms with Gasteiger partial charge in [0.05, 0.1) is 21.1 Å². The van der Waals surface area contributed by atoms with Crippen molar-refractivity contribution in [2.75, 3.05) is 0 Å². The first kappa shape index (κ1) is 16.8. The number of aromatic nitrogens is 1. The molecule has 1 fully saturated rings. The zero-order chi connectivity index (χ0) is 17.8. The van der Waals surface area contributed by atoms with Gasteiger partial charge in [0.1, 0.15) is 16.7 Å². The molecule has 2 aromatic rings. The number of benzene rings is 1. The van der Waals surface area contributed by atoms with E-state index in [1.54, 1.807) is 5.51 Å². The van der Waals surface area contributed by atoms with Crippen molar-refractivity contribution < 1.29 is 17.9 Å². The van der Waals surface area contributed by atoms with Gasteiger partial charge in [0.25, 0.3) is 15.9 Å². The molecule has 2 aliphatic rings. The van der Waals surface area contributed by atoms with Crippen LogP contribution in [0.3, 0.4) is 0 Å². The summed E-state index contributed by atoms with van der Waals surface area (Å²) in [5, 5.41) is 0.228. The van der Waals surface area contributed by atoms with Crippen molar-refractivity contribution in [3.8, 4) is 5.75 Å². The summed E-state index contributed by atoms with van der Waals surface area (Å²) < 4.78 is 32.9. The highest BCUT2D eigenvalue weighted by molar-refractivity contribution is 7.90. The van der Waals surface area contributed by atoms with Gasteiger partial charge in [0, 0.05) is 17.9 Å². The van der Waals surface area contributed by atoms with Crippen LogP contribution in [0, 0.1) is 0 Å². The summed E-state index contributed by atoms with van der Waals surface area (Å²) in [7, 11) is -4.03. The van der Waals surface area contributed by atoms with Crippen molar-refractivity contribution in [2.24, 2.45) is 0 Å². The first-order valence-electron chi connectivity index (χ1n) is 7.85. The quantitative estimate of drug-likeness (QED) is 0.855. The minimum absolute atomic E-state index is 0.0419. The summed E-state index contributed by atoms with van der Waals surface area (Å²) in [6.45, 7) is 1.88. The Bertz CT molecular complexity index is 967. The second-order valence-electron chi connectivity index (χ2n) is 6.30. The number of rotatable bonds is 4. The smallest absolute Gasteiger partial charge is 0.277 e. The number of carbonyl (C=O) groups is 1. The summed E-state index contributed by atoms with van der Waals surface area (Å²) in [5.74, 6) is 0.131. The lowest BCUT2D eigenvalue weighted by Gasteiger charge is -2.09. The molecule has 25 heavy (non-hydrogen) atoms. The minimum Gasteiger partial charge on any atom is -0.489 e. The third-order valence-corrected chi connectivity index (χ3v) is 6.66. The highest BCUT2D eigenvalue weighted by atomic mass is 35.5. The van der Waals surface area contributed by atoms with Gasteiger partial charge in [0.2, 0.25) is 0 Å². The zero-order valence-corrected chi connectivity index (χ0v) is 15.7. The molecule has 1 aliphatic heterocycles. The maximum absolute atomic E-state index is 12.6. The molecule has 0 bridgehead atoms. The van der Waals surface area contributed by atoms with Gasteiger partial charge in [0.15, 0.2) is 0 Å². The largest absolute Gasteiger partial charge is 0.489 e. The Morgan fingerprint density at radius 2 is 2.16 bits per heavy atom. The van der Waals surface area contributed by atoms with Crippen LogP contribution in [0.2, 0.25) is 5.02 Å². The molecule has 1 aromatic carbocycles. The fourth-order valence-electron chi connectivity index (χ4n) is 2.91. The Labute approximate surface area is 154 Å². The summed E-state index contributed by atoms with van der Waals surface area (Å²) in [4.78, 5) is 17.0. The highest BCUT2D eigenvalue weighted by Gasteiger charge is 2.32. The van der Waals surface area contributed by atoms with Crippen LogP contribution in [0.4, 0.5) is 0 Å². The summed E-state index contributed by atoms with van der Waals surface area (Å²) in [6, 6.07) is 2.82. The molecule has 0 saturated heterocycles. The second kappa shape index (κ2) is 5.96. The first-order valence-corrected chi connectivity index (χ1v) is 10.6. The number of nitrogens with zero attached hydrogens (tertiary/aromatic N) is 1. The van der Waals surface area contributed by atoms with E-state index < -0.39 is 15.9 Å². The van der Waals surface area contributed by atoms with E-state index in [0.717, 1.165) is 29.7 Å². The van der Waals surface area contributed by atoms with Gasteiger partial charge >= 0.3 is 0 Å². The van der Waals surface area contributed by atoms with Crippen molar-refractivity contribution >= 4 is 38.9 Å². The van der Waals surface area contributed by atoms with Crippen LogP contribution in [0.5, 0.6) is 5.75 Å². The van der Waals surface area contributed by atoms with Gasteiger partial charge in [-0.1, -0.05) is 11.6 Å². The van der Waals surface area contributed by atoms with Gasteiger partial charge in [-0.05, 0) is 31.9 Å². The fourth-order valence-corrected chi connectivity index (χ4v) is 5.13. The molecule has 6 nitrogen and oxygen atoms in total. The number of fused-ring (bicyclic) bond motifs is 1. The Kier molecular flexibility index (Phi) is 4.01. The number of carbonyl (C=O) groups excluding carboxylic acids is 1. The van der Waals surface area contributed by atoms with Crippen LogP contribution in [0.1, 0.15) is 46.6 Å². The van der Waals surface area contributed by atoms with Crippen molar-refractivity contribution in [1.29, 1.82) is 0 Å². The third-order valence-electron chi connectivity index (χ3n) is 4.22. The lowest BCUT2D eigenvalue weighted by atomic mass is 10.1. The van der Waals surface area contributed by atoms with E-state index in [4.69, 9.17) is 16.3 Å². The maximum Gasteiger partial charge on any atom is 0.277 e. The predicted molar refractivity (Wildman–Crippen MR) is 94.0 cm³/mol. The molecule has 1 amide bonds. The first-order chi connectivity index (χ1) is 11.8. The van der Waals surface area contributed by atoms with Crippen LogP contribution >= 0.6 is 22.9 Å². The molecule has 2 heterocycles. The van der Waals surface area contributed by atoms with Crippen molar-refractivity contribution in [3.63, 3.8) is 0 Å². The summed E-state index contributed by atoms with van der Waals surface area (Å²) >= 11 is 7.30. The zero-order valence-electron chi connectivity index (χ0n) is 13.3. The lowest BCUT2D eigenvalue weighted by Crippen LogP contribution is -2.30. The van der Waals surface area contributed by atoms with E-state index >= 15 is 0 Å². The summed E-state index contributed by atoms with van der Waals surface area (Å²) in [6.07, 6.45) is 2.48. The molecule has 0 spiro atoms. The van der Waals surface area contributed by atoms with Gasteiger partial charge < -0.3 is 4.74 Å². The average molecular weight is 399 g/mol. The van der Waals surface area contributed by atoms with Gasteiger partial charge in [-0.15, -0.1) is 11.3 Å². The molecule has 1 saturated carbocycles. The van der Waals surface area contributed by atoms with E-state index in [1.165, 1.54) is 12.1 Å². The lowest BCUT2D eigenvalue weighted by molar-refractivity contribution is 0.0984. The molecular weight excluding hydrogens is 384 g/mol. The van der Waals surface area contributed by atoms with E-state index in [2.05, 4.69) is 9.71 Å². The molecular formula is C16H15ClN2O4S2. The molecule has 0 unspecified atom stereocenters. The van der Waals surface area contributed by atoms with Crippen LogP contribution in [-0.2, 0) is 16.4 Å². The van der Waals surface area contributed by atoms with Crippen LogP contribution in [0.15, 0.2) is 22.5 Å². The van der Waals surface area contributed by atoms with Crippen LogP contribution in [0.25, 0.3) is 0 Å². The van der Waals surface area contributed by atoms with E-state index in [9.17, 15) is 13.2 Å². The van der Waals surface area contributed by atoms with Crippen LogP contribution < -0.4 is 9.46 Å². The van der Waals surface area contributed by atoms with Crippen LogP contribution in [-0.4, -0.2) is 25.4 Å². The molecule has 4 rings (SSSR count). The molecule has 1 aliphatic carbocycles. The molecule has 132 valence electrons. The summed E-state index contributed by atoms with van der Waals surface area (Å²) in [5.41, 5.74) is 2.98. The van der Waals surface area contributed by atoms with E-state index in [0.29, 0.717) is 22.7 Å².